The summed E-state index contributed by atoms with van der Waals surface area (Å²) >= 11 is 3.33. The highest BCUT2D eigenvalue weighted by Crippen LogP contribution is 2.22. The largest absolute Gasteiger partial charge is 0.493 e. The fourth-order valence-electron chi connectivity index (χ4n) is 1.21. The van der Waals surface area contributed by atoms with E-state index >= 15 is 0 Å². The van der Waals surface area contributed by atoms with E-state index in [1.807, 2.05) is 24.3 Å². The number of hydrogen-bond donors (Lipinski definition) is 1. The Bertz CT molecular complexity index is 411. The average Bonchev–Trinajstić information content (AvgIpc) is 2.25. The highest BCUT2D eigenvalue weighted by atomic mass is 79.9. The second-order valence-corrected chi connectivity index (χ2v) is 7.14. The van der Waals surface area contributed by atoms with Gasteiger partial charge in [-0.05, 0) is 31.9 Å². The fraction of sp³-hybridized carbons (Fsp3) is 0.500. The van der Waals surface area contributed by atoms with Gasteiger partial charge in [-0.25, -0.2) is 0 Å². The van der Waals surface area contributed by atoms with Crippen LogP contribution in [0.3, 0.4) is 0 Å². The maximum atomic E-state index is 11.8. The van der Waals surface area contributed by atoms with E-state index in [2.05, 4.69) is 35.1 Å². The van der Waals surface area contributed by atoms with Gasteiger partial charge in [-0.1, -0.05) is 35.8 Å². The molecule has 0 radical (unpaired) electrons. The van der Waals surface area contributed by atoms with Crippen LogP contribution in [0.4, 0.5) is 5.69 Å². The highest BCUT2D eigenvalue weighted by Gasteiger charge is 2.23. The smallest absolute Gasteiger partial charge is 0.240 e. The summed E-state index contributed by atoms with van der Waals surface area (Å²) in [6.45, 7) is 8.47. The average molecular weight is 314 g/mol. The van der Waals surface area contributed by atoms with Crippen LogP contribution in [0.1, 0.15) is 27.7 Å². The van der Waals surface area contributed by atoms with Crippen molar-refractivity contribution < 1.29 is 9.53 Å². The minimum absolute atomic E-state index is 0.0801. The van der Waals surface area contributed by atoms with E-state index in [0.29, 0.717) is 12.5 Å². The third-order valence-corrected chi connectivity index (χ3v) is 2.58. The van der Waals surface area contributed by atoms with Crippen molar-refractivity contribution in [3.8, 4) is 5.75 Å². The summed E-state index contributed by atoms with van der Waals surface area (Å²) in [5, 5.41) is 2.84. The number of alkyl halides is 1. The van der Waals surface area contributed by atoms with Gasteiger partial charge in [0.25, 0.3) is 0 Å². The quantitative estimate of drug-likeness (QED) is 0.839. The van der Waals surface area contributed by atoms with E-state index in [1.165, 1.54) is 0 Å². The van der Waals surface area contributed by atoms with Gasteiger partial charge >= 0.3 is 0 Å². The molecule has 0 fully saturated rings. The molecular formula is C14H20BrNO2. The van der Waals surface area contributed by atoms with E-state index in [4.69, 9.17) is 4.74 Å². The van der Waals surface area contributed by atoms with E-state index in [0.717, 1.165) is 11.4 Å². The number of anilines is 1. The van der Waals surface area contributed by atoms with E-state index in [1.54, 1.807) is 13.8 Å². The van der Waals surface area contributed by atoms with Crippen LogP contribution in [0.25, 0.3) is 0 Å². The van der Waals surface area contributed by atoms with Gasteiger partial charge in [0.1, 0.15) is 5.75 Å². The molecule has 1 aromatic rings. The second-order valence-electron chi connectivity index (χ2n) is 5.16. The lowest BCUT2D eigenvalue weighted by atomic mass is 10.2. The molecular weight excluding hydrogens is 294 g/mol. The minimum atomic E-state index is -0.582. The van der Waals surface area contributed by atoms with Gasteiger partial charge in [0.2, 0.25) is 5.91 Å². The van der Waals surface area contributed by atoms with Crippen molar-refractivity contribution >= 4 is 27.5 Å². The third-order valence-electron chi connectivity index (χ3n) is 2.22. The van der Waals surface area contributed by atoms with E-state index in [9.17, 15) is 4.79 Å². The summed E-state index contributed by atoms with van der Waals surface area (Å²) in [4.78, 5) is 11.8. The highest BCUT2D eigenvalue weighted by molar-refractivity contribution is 9.10. The summed E-state index contributed by atoms with van der Waals surface area (Å²) in [5.41, 5.74) is 0.744. The SMILES string of the molecule is CC(C)COc1cccc(NC(=O)C(C)(C)Br)c1. The normalized spacial score (nSPS) is 11.4. The molecule has 1 N–H and O–H groups in total. The molecule has 100 valence electrons. The maximum absolute atomic E-state index is 11.8. The van der Waals surface area contributed by atoms with Crippen LogP contribution in [0.5, 0.6) is 5.75 Å². The molecule has 0 aliphatic rings. The van der Waals surface area contributed by atoms with Crippen molar-refractivity contribution in [1.29, 1.82) is 0 Å². The minimum Gasteiger partial charge on any atom is -0.493 e. The molecule has 0 bridgehead atoms. The zero-order chi connectivity index (χ0) is 13.8. The van der Waals surface area contributed by atoms with Crippen LogP contribution >= 0.6 is 15.9 Å². The van der Waals surface area contributed by atoms with Crippen LogP contribution in [0.2, 0.25) is 0 Å². The van der Waals surface area contributed by atoms with Crippen LogP contribution in [0.15, 0.2) is 24.3 Å². The molecule has 1 aromatic carbocycles. The molecule has 0 atom stereocenters. The molecule has 0 aliphatic carbocycles. The molecule has 0 saturated carbocycles. The summed E-state index contributed by atoms with van der Waals surface area (Å²) < 4.78 is 5.03. The molecule has 0 unspecified atom stereocenters. The van der Waals surface area contributed by atoms with Gasteiger partial charge in [0.05, 0.1) is 10.9 Å². The lowest BCUT2D eigenvalue weighted by Gasteiger charge is -2.16. The topological polar surface area (TPSA) is 38.3 Å². The Hall–Kier alpha value is -1.03. The standard InChI is InChI=1S/C14H20BrNO2/c1-10(2)9-18-12-7-5-6-11(8-12)16-13(17)14(3,4)15/h5-8,10H,9H2,1-4H3,(H,16,17). The Morgan fingerprint density at radius 1 is 1.44 bits per heavy atom. The Balaban J connectivity index is 2.68. The molecule has 4 heteroatoms. The van der Waals surface area contributed by atoms with Crippen molar-refractivity contribution in [2.75, 3.05) is 11.9 Å². The Morgan fingerprint density at radius 3 is 2.67 bits per heavy atom. The fourth-order valence-corrected chi connectivity index (χ4v) is 1.31. The lowest BCUT2D eigenvalue weighted by Crippen LogP contribution is -2.30. The third kappa shape index (κ3) is 5.08. The van der Waals surface area contributed by atoms with Crippen molar-refractivity contribution in [3.05, 3.63) is 24.3 Å². The van der Waals surface area contributed by atoms with Gasteiger partial charge in [-0.3, -0.25) is 4.79 Å². The Morgan fingerprint density at radius 2 is 2.11 bits per heavy atom. The zero-order valence-corrected chi connectivity index (χ0v) is 12.9. The number of halogens is 1. The van der Waals surface area contributed by atoms with E-state index in [-0.39, 0.29) is 5.91 Å². The Labute approximate surface area is 117 Å². The molecule has 0 heterocycles. The van der Waals surface area contributed by atoms with Gasteiger partial charge in [0, 0.05) is 11.8 Å². The van der Waals surface area contributed by atoms with Crippen molar-refractivity contribution in [2.24, 2.45) is 5.92 Å². The second kappa shape index (κ2) is 6.23. The first-order valence-electron chi connectivity index (χ1n) is 6.02. The number of hydrogen-bond acceptors (Lipinski definition) is 2. The number of ether oxygens (including phenoxy) is 1. The number of benzene rings is 1. The molecule has 3 nitrogen and oxygen atoms in total. The number of carbonyl (C=O) groups excluding carboxylic acids is 1. The van der Waals surface area contributed by atoms with Gasteiger partial charge in [-0.15, -0.1) is 0 Å². The van der Waals surface area contributed by atoms with Crippen molar-refractivity contribution in [3.63, 3.8) is 0 Å². The van der Waals surface area contributed by atoms with Crippen molar-refractivity contribution in [1.82, 2.24) is 0 Å². The molecule has 0 saturated heterocycles. The van der Waals surface area contributed by atoms with E-state index < -0.39 is 4.32 Å². The summed E-state index contributed by atoms with van der Waals surface area (Å²) in [7, 11) is 0. The number of nitrogens with one attached hydrogen (secondary N) is 1. The first kappa shape index (κ1) is 15.0. The predicted molar refractivity (Wildman–Crippen MR) is 78.4 cm³/mol. The lowest BCUT2D eigenvalue weighted by molar-refractivity contribution is -0.117. The number of carbonyl (C=O) groups is 1. The molecule has 0 aromatic heterocycles. The maximum Gasteiger partial charge on any atom is 0.240 e. The van der Waals surface area contributed by atoms with Gasteiger partial charge in [0.15, 0.2) is 0 Å². The molecule has 0 aliphatic heterocycles. The molecule has 18 heavy (non-hydrogen) atoms. The summed E-state index contributed by atoms with van der Waals surface area (Å²) in [6.07, 6.45) is 0. The van der Waals surface area contributed by atoms with Crippen LogP contribution < -0.4 is 10.1 Å². The Kier molecular flexibility index (Phi) is 5.20. The molecule has 1 rings (SSSR count). The number of rotatable bonds is 5. The summed E-state index contributed by atoms with van der Waals surface area (Å²) in [6, 6.07) is 7.43. The van der Waals surface area contributed by atoms with Crippen LogP contribution in [-0.2, 0) is 4.79 Å². The number of amides is 1. The first-order valence-corrected chi connectivity index (χ1v) is 6.81. The predicted octanol–water partition coefficient (Wildman–Crippen LogP) is 3.83. The van der Waals surface area contributed by atoms with Gasteiger partial charge < -0.3 is 10.1 Å². The van der Waals surface area contributed by atoms with Crippen molar-refractivity contribution in [2.45, 2.75) is 32.0 Å². The van der Waals surface area contributed by atoms with Crippen LogP contribution in [-0.4, -0.2) is 16.8 Å². The monoisotopic (exact) mass is 313 g/mol. The zero-order valence-electron chi connectivity index (χ0n) is 11.3. The van der Waals surface area contributed by atoms with Crippen LogP contribution in [0, 0.1) is 5.92 Å². The molecule has 1 amide bonds. The van der Waals surface area contributed by atoms with Gasteiger partial charge in [-0.2, -0.15) is 0 Å². The molecule has 0 spiro atoms. The summed E-state index contributed by atoms with van der Waals surface area (Å²) in [5.74, 6) is 1.17. The first-order chi connectivity index (χ1) is 8.29.